The molecule has 0 bridgehead atoms. The summed E-state index contributed by atoms with van der Waals surface area (Å²) in [4.78, 5) is 2.43. The molecule has 0 aromatic heterocycles. The van der Waals surface area contributed by atoms with Crippen LogP contribution in [0.5, 0.6) is 11.5 Å². The molecule has 0 fully saturated rings. The molecule has 14 rings (SSSR count). The molecular formula is C71H47NO. The van der Waals surface area contributed by atoms with E-state index in [0.29, 0.717) is 0 Å². The second kappa shape index (κ2) is 17.4. The van der Waals surface area contributed by atoms with Crippen molar-refractivity contribution in [3.05, 3.63) is 307 Å². The van der Waals surface area contributed by atoms with Gasteiger partial charge in [0.15, 0.2) is 0 Å². The summed E-state index contributed by atoms with van der Waals surface area (Å²) in [7, 11) is 0. The van der Waals surface area contributed by atoms with Crippen LogP contribution in [0.2, 0.25) is 0 Å². The van der Waals surface area contributed by atoms with E-state index >= 15 is 0 Å². The predicted molar refractivity (Wildman–Crippen MR) is 303 cm³/mol. The Kier molecular flexibility index (Phi) is 10.1. The normalized spacial score (nSPS) is 12.6. The van der Waals surface area contributed by atoms with Gasteiger partial charge in [-0.3, -0.25) is 0 Å². The quantitative estimate of drug-likeness (QED) is 0.143. The van der Waals surface area contributed by atoms with Crippen molar-refractivity contribution in [3.8, 4) is 78.3 Å². The van der Waals surface area contributed by atoms with Crippen LogP contribution in [0.4, 0.5) is 17.1 Å². The maximum atomic E-state index is 6.54. The zero-order valence-electron chi connectivity index (χ0n) is 40.0. The molecule has 0 atom stereocenters. The van der Waals surface area contributed by atoms with Crippen molar-refractivity contribution < 1.29 is 4.74 Å². The van der Waals surface area contributed by atoms with Crippen molar-refractivity contribution in [2.75, 3.05) is 4.90 Å². The van der Waals surface area contributed by atoms with E-state index in [9.17, 15) is 0 Å². The van der Waals surface area contributed by atoms with Gasteiger partial charge in [-0.25, -0.2) is 0 Å². The van der Waals surface area contributed by atoms with E-state index in [2.05, 4.69) is 284 Å². The van der Waals surface area contributed by atoms with Crippen molar-refractivity contribution in [2.45, 2.75) is 5.41 Å². The molecule has 1 aliphatic carbocycles. The number of hydrogen-bond donors (Lipinski definition) is 0. The van der Waals surface area contributed by atoms with E-state index < -0.39 is 5.41 Å². The minimum atomic E-state index is -0.547. The fourth-order valence-corrected chi connectivity index (χ4v) is 11.9. The Hall–Kier alpha value is -9.50. The first kappa shape index (κ1) is 42.4. The van der Waals surface area contributed by atoms with Crippen LogP contribution in [0.25, 0.3) is 77.5 Å². The van der Waals surface area contributed by atoms with E-state index in [1.165, 1.54) is 66.8 Å². The smallest absolute Gasteiger partial charge is 0.135 e. The molecule has 342 valence electrons. The third kappa shape index (κ3) is 6.94. The molecule has 0 N–H and O–H groups in total. The lowest BCUT2D eigenvalue weighted by atomic mass is 9.67. The van der Waals surface area contributed by atoms with Gasteiger partial charge in [0.2, 0.25) is 0 Å². The summed E-state index contributed by atoms with van der Waals surface area (Å²) < 4.78 is 6.54. The van der Waals surface area contributed by atoms with Crippen LogP contribution in [0.1, 0.15) is 22.3 Å². The third-order valence-electron chi connectivity index (χ3n) is 15.2. The first-order valence-electron chi connectivity index (χ1n) is 25.2. The maximum absolute atomic E-state index is 6.54. The van der Waals surface area contributed by atoms with E-state index in [1.54, 1.807) is 0 Å². The summed E-state index contributed by atoms with van der Waals surface area (Å²) in [5.41, 5.74) is 22.0. The predicted octanol–water partition coefficient (Wildman–Crippen LogP) is 19.1. The molecule has 0 saturated heterocycles. The van der Waals surface area contributed by atoms with Gasteiger partial charge >= 0.3 is 0 Å². The highest BCUT2D eigenvalue weighted by Gasteiger charge is 2.46. The summed E-state index contributed by atoms with van der Waals surface area (Å²) in [6.07, 6.45) is 0. The van der Waals surface area contributed by atoms with Crippen LogP contribution in [-0.4, -0.2) is 0 Å². The van der Waals surface area contributed by atoms with Crippen molar-refractivity contribution >= 4 is 27.8 Å². The van der Waals surface area contributed by atoms with Crippen molar-refractivity contribution in [1.29, 1.82) is 0 Å². The fourth-order valence-electron chi connectivity index (χ4n) is 11.9. The zero-order chi connectivity index (χ0) is 48.3. The topological polar surface area (TPSA) is 12.5 Å². The number of rotatable bonds is 9. The lowest BCUT2D eigenvalue weighted by Gasteiger charge is -2.35. The Morgan fingerprint density at radius 1 is 0.260 bits per heavy atom. The average Bonchev–Trinajstić information content (AvgIpc) is 3.78. The largest absolute Gasteiger partial charge is 0.456 e. The Balaban J connectivity index is 0.942. The first-order valence-corrected chi connectivity index (χ1v) is 25.2. The Morgan fingerprint density at radius 2 is 0.795 bits per heavy atom. The number of fused-ring (bicyclic) bond motifs is 5. The van der Waals surface area contributed by atoms with Crippen LogP contribution >= 0.6 is 0 Å². The number of ether oxygens (including phenoxy) is 1. The van der Waals surface area contributed by atoms with Gasteiger partial charge < -0.3 is 9.64 Å². The highest BCUT2D eigenvalue weighted by atomic mass is 16.5. The first-order chi connectivity index (χ1) is 36.2. The lowest BCUT2D eigenvalue weighted by Crippen LogP contribution is -2.28. The van der Waals surface area contributed by atoms with E-state index in [-0.39, 0.29) is 0 Å². The highest BCUT2D eigenvalue weighted by Crippen LogP contribution is 2.57. The fraction of sp³-hybridized carbons (Fsp3) is 0.0141. The molecule has 2 aliphatic rings. The minimum absolute atomic E-state index is 0.547. The number of hydrogen-bond acceptors (Lipinski definition) is 2. The van der Waals surface area contributed by atoms with Gasteiger partial charge in [-0.1, -0.05) is 231 Å². The molecule has 0 radical (unpaired) electrons. The molecule has 1 heterocycles. The lowest BCUT2D eigenvalue weighted by molar-refractivity contribution is 0.487. The summed E-state index contributed by atoms with van der Waals surface area (Å²) >= 11 is 0. The van der Waals surface area contributed by atoms with E-state index in [0.717, 1.165) is 61.6 Å². The molecule has 1 aliphatic heterocycles. The van der Waals surface area contributed by atoms with Crippen LogP contribution < -0.4 is 9.64 Å². The highest BCUT2D eigenvalue weighted by molar-refractivity contribution is 6.10. The summed E-state index contributed by atoms with van der Waals surface area (Å²) in [6, 6.07) is 104. The molecule has 12 aromatic rings. The number of nitrogens with zero attached hydrogens (tertiary/aromatic N) is 1. The molecule has 2 nitrogen and oxygen atoms in total. The molecule has 0 spiro atoms. The van der Waals surface area contributed by atoms with Crippen LogP contribution in [0.3, 0.4) is 0 Å². The second-order valence-electron chi connectivity index (χ2n) is 19.1. The van der Waals surface area contributed by atoms with Crippen LogP contribution in [0.15, 0.2) is 285 Å². The second-order valence-corrected chi connectivity index (χ2v) is 19.1. The van der Waals surface area contributed by atoms with Crippen LogP contribution in [0, 0.1) is 0 Å². The van der Waals surface area contributed by atoms with Crippen molar-refractivity contribution in [3.63, 3.8) is 0 Å². The van der Waals surface area contributed by atoms with Gasteiger partial charge in [-0.2, -0.15) is 0 Å². The van der Waals surface area contributed by atoms with Gasteiger partial charge in [-0.05, 0) is 143 Å². The molecule has 2 heteroatoms. The third-order valence-corrected chi connectivity index (χ3v) is 15.2. The van der Waals surface area contributed by atoms with E-state index in [4.69, 9.17) is 4.74 Å². The van der Waals surface area contributed by atoms with Gasteiger partial charge in [0.1, 0.15) is 11.5 Å². The van der Waals surface area contributed by atoms with Gasteiger partial charge in [-0.15, -0.1) is 0 Å². The molecule has 0 amide bonds. The summed E-state index contributed by atoms with van der Waals surface area (Å²) in [5, 5.41) is 2.30. The molecule has 12 aromatic carbocycles. The Morgan fingerprint density at radius 3 is 1.52 bits per heavy atom. The summed E-state index contributed by atoms with van der Waals surface area (Å²) in [6.45, 7) is 0. The monoisotopic (exact) mass is 929 g/mol. The SMILES string of the molecule is c1ccc(-c2ccc(-c3ccc(N(c4cccc(-c5ccc6c7c(cccc57)-c5ccccc5O6)c4)c4cccc(C5(c6ccccc6)c6ccccc6-c6ccccc65)c4)cc3)cc2-c2ccccc2)cc1. The Bertz CT molecular complexity index is 4000. The van der Waals surface area contributed by atoms with Crippen molar-refractivity contribution in [1.82, 2.24) is 0 Å². The molecule has 73 heavy (non-hydrogen) atoms. The molecular weight excluding hydrogens is 883 g/mol. The van der Waals surface area contributed by atoms with Crippen LogP contribution in [-0.2, 0) is 5.41 Å². The molecule has 0 saturated carbocycles. The number of benzene rings is 12. The standard InChI is InChI=1S/C71H47NO/c1-4-19-49(20-5-1)58-42-39-51(46-65(58)50-21-6-2-7-22-50)48-37-40-55(41-38-48)72(56-27-16-23-52(45-56)59-43-44-69-70-63(59)32-18-33-64(70)62-31-12-15-36-68(62)73-69)57-28-17-26-54(47-57)71(53-24-8-3-9-25-53)66-34-13-10-29-60(66)61-30-11-14-35-67(61)71/h1-47H. The zero-order valence-corrected chi connectivity index (χ0v) is 40.0. The van der Waals surface area contributed by atoms with Gasteiger partial charge in [0.05, 0.1) is 5.41 Å². The Labute approximate surface area is 426 Å². The summed E-state index contributed by atoms with van der Waals surface area (Å²) in [5.74, 6) is 1.77. The maximum Gasteiger partial charge on any atom is 0.135 e. The van der Waals surface area contributed by atoms with Gasteiger partial charge in [0.25, 0.3) is 0 Å². The number of para-hydroxylation sites is 1. The van der Waals surface area contributed by atoms with Gasteiger partial charge in [0, 0.05) is 28.0 Å². The molecule has 0 unspecified atom stereocenters. The van der Waals surface area contributed by atoms with E-state index in [1.807, 2.05) is 6.07 Å². The van der Waals surface area contributed by atoms with Crippen molar-refractivity contribution in [2.24, 2.45) is 0 Å². The average molecular weight is 930 g/mol. The minimum Gasteiger partial charge on any atom is -0.456 e. The number of anilines is 3.